The third-order valence-corrected chi connectivity index (χ3v) is 2.78. The normalized spacial score (nSPS) is 10.2. The van der Waals surface area contributed by atoms with Crippen molar-refractivity contribution in [3.8, 4) is 0 Å². The summed E-state index contributed by atoms with van der Waals surface area (Å²) < 4.78 is 18.1. The number of anilines is 1. The molecule has 0 amide bonds. The van der Waals surface area contributed by atoms with Crippen LogP contribution in [0.15, 0.2) is 30.3 Å². The Morgan fingerprint density at radius 3 is 2.86 bits per heavy atom. The molecule has 0 aliphatic heterocycles. The first kappa shape index (κ1) is 14.5. The van der Waals surface area contributed by atoms with Crippen molar-refractivity contribution < 1.29 is 18.8 Å². The van der Waals surface area contributed by atoms with Gasteiger partial charge in [-0.3, -0.25) is 10.1 Å². The van der Waals surface area contributed by atoms with Gasteiger partial charge < -0.3 is 15.0 Å². The van der Waals surface area contributed by atoms with Gasteiger partial charge in [-0.1, -0.05) is 0 Å². The minimum Gasteiger partial charge on any atom is -0.464 e. The van der Waals surface area contributed by atoms with Gasteiger partial charge in [-0.25, -0.2) is 9.18 Å². The molecule has 1 aromatic carbocycles. The number of halogens is 1. The summed E-state index contributed by atoms with van der Waals surface area (Å²) in [5.41, 5.74) is 0.689. The highest BCUT2D eigenvalue weighted by molar-refractivity contribution is 5.87. The topological polar surface area (TPSA) is 97.3 Å². The molecule has 0 unspecified atom stereocenters. The number of ether oxygens (including phenoxy) is 1. The van der Waals surface area contributed by atoms with Crippen LogP contribution in [0.3, 0.4) is 0 Å². The molecule has 1 aromatic heterocycles. The SMILES string of the molecule is COC(=O)c1ccc(CNc2cc([N+](=O)[O-])ccc2F)[nH]1. The number of hydrogen-bond acceptors (Lipinski definition) is 5. The summed E-state index contributed by atoms with van der Waals surface area (Å²) >= 11 is 0. The van der Waals surface area contributed by atoms with E-state index in [-0.39, 0.29) is 23.6 Å². The molecule has 0 aliphatic rings. The number of nitro benzene ring substituents is 1. The van der Waals surface area contributed by atoms with Crippen LogP contribution in [-0.4, -0.2) is 23.0 Å². The van der Waals surface area contributed by atoms with Crippen molar-refractivity contribution in [1.82, 2.24) is 4.98 Å². The predicted molar refractivity (Wildman–Crippen MR) is 72.5 cm³/mol. The number of methoxy groups -OCH3 is 1. The van der Waals surface area contributed by atoms with Gasteiger partial charge in [-0.05, 0) is 18.2 Å². The van der Waals surface area contributed by atoms with E-state index in [9.17, 15) is 19.3 Å². The highest BCUT2D eigenvalue weighted by atomic mass is 19.1. The summed E-state index contributed by atoms with van der Waals surface area (Å²) in [6, 6.07) is 6.39. The quantitative estimate of drug-likeness (QED) is 0.501. The standard InChI is InChI=1S/C13H12FN3O4/c1-21-13(18)11-5-2-8(16-11)7-15-12-6-9(17(19)20)3-4-10(12)14/h2-6,15-16H,7H2,1H3. The lowest BCUT2D eigenvalue weighted by molar-refractivity contribution is -0.384. The molecule has 0 aliphatic carbocycles. The lowest BCUT2D eigenvalue weighted by Crippen LogP contribution is -2.05. The number of rotatable bonds is 5. The van der Waals surface area contributed by atoms with E-state index < -0.39 is 16.7 Å². The van der Waals surface area contributed by atoms with Gasteiger partial charge in [0.2, 0.25) is 0 Å². The lowest BCUT2D eigenvalue weighted by atomic mass is 10.2. The van der Waals surface area contributed by atoms with Gasteiger partial charge in [-0.15, -0.1) is 0 Å². The number of nitrogens with zero attached hydrogens (tertiary/aromatic N) is 1. The molecule has 21 heavy (non-hydrogen) atoms. The number of hydrogen-bond donors (Lipinski definition) is 2. The molecule has 2 aromatic rings. The first-order chi connectivity index (χ1) is 10.0. The fraction of sp³-hybridized carbons (Fsp3) is 0.154. The van der Waals surface area contributed by atoms with Crippen molar-refractivity contribution in [2.75, 3.05) is 12.4 Å². The Balaban J connectivity index is 2.09. The molecule has 0 radical (unpaired) electrons. The molecule has 0 spiro atoms. The Morgan fingerprint density at radius 1 is 1.43 bits per heavy atom. The van der Waals surface area contributed by atoms with Crippen LogP contribution in [0.2, 0.25) is 0 Å². The van der Waals surface area contributed by atoms with Crippen molar-refractivity contribution in [2.24, 2.45) is 0 Å². The zero-order valence-electron chi connectivity index (χ0n) is 11.1. The van der Waals surface area contributed by atoms with Crippen molar-refractivity contribution in [2.45, 2.75) is 6.54 Å². The Hall–Kier alpha value is -2.90. The Labute approximate surface area is 118 Å². The number of carbonyl (C=O) groups is 1. The average molecular weight is 293 g/mol. The average Bonchev–Trinajstić information content (AvgIpc) is 2.94. The smallest absolute Gasteiger partial charge is 0.354 e. The second kappa shape index (κ2) is 6.04. The molecule has 7 nitrogen and oxygen atoms in total. The van der Waals surface area contributed by atoms with Gasteiger partial charge in [-0.2, -0.15) is 0 Å². The van der Waals surface area contributed by atoms with E-state index in [1.165, 1.54) is 13.2 Å². The van der Waals surface area contributed by atoms with Crippen LogP contribution in [0.1, 0.15) is 16.2 Å². The second-order valence-corrected chi connectivity index (χ2v) is 4.16. The van der Waals surface area contributed by atoms with Crippen LogP contribution in [0.25, 0.3) is 0 Å². The molecule has 0 bridgehead atoms. The molecule has 0 saturated carbocycles. The van der Waals surface area contributed by atoms with Crippen molar-refractivity contribution in [1.29, 1.82) is 0 Å². The van der Waals surface area contributed by atoms with Gasteiger partial charge in [0.1, 0.15) is 11.5 Å². The second-order valence-electron chi connectivity index (χ2n) is 4.16. The molecule has 1 heterocycles. The maximum Gasteiger partial charge on any atom is 0.354 e. The molecule has 2 rings (SSSR count). The van der Waals surface area contributed by atoms with Crippen molar-refractivity contribution >= 4 is 17.3 Å². The zero-order chi connectivity index (χ0) is 15.4. The van der Waals surface area contributed by atoms with E-state index in [4.69, 9.17) is 0 Å². The zero-order valence-corrected chi connectivity index (χ0v) is 11.1. The maximum atomic E-state index is 13.6. The largest absolute Gasteiger partial charge is 0.464 e. The number of non-ortho nitro benzene ring substituents is 1. The highest BCUT2D eigenvalue weighted by Crippen LogP contribution is 2.21. The Kier molecular flexibility index (Phi) is 4.17. The van der Waals surface area contributed by atoms with E-state index in [0.717, 1.165) is 18.2 Å². The fourth-order valence-electron chi connectivity index (χ4n) is 1.73. The summed E-state index contributed by atoms with van der Waals surface area (Å²) in [6.07, 6.45) is 0. The molecular weight excluding hydrogens is 281 g/mol. The van der Waals surface area contributed by atoms with Crippen LogP contribution >= 0.6 is 0 Å². The van der Waals surface area contributed by atoms with E-state index in [1.807, 2.05) is 0 Å². The summed E-state index contributed by atoms with van der Waals surface area (Å²) in [5.74, 6) is -1.11. The molecule has 0 atom stereocenters. The van der Waals surface area contributed by atoms with E-state index in [2.05, 4.69) is 15.0 Å². The van der Waals surface area contributed by atoms with Crippen molar-refractivity contribution in [3.05, 3.63) is 57.7 Å². The van der Waals surface area contributed by atoms with Crippen LogP contribution in [0.4, 0.5) is 15.8 Å². The number of esters is 1. The van der Waals surface area contributed by atoms with E-state index in [1.54, 1.807) is 6.07 Å². The Bertz CT molecular complexity index is 684. The van der Waals surface area contributed by atoms with E-state index >= 15 is 0 Å². The van der Waals surface area contributed by atoms with Crippen LogP contribution in [0, 0.1) is 15.9 Å². The van der Waals surface area contributed by atoms with Gasteiger partial charge >= 0.3 is 5.97 Å². The molecular formula is C13H12FN3O4. The lowest BCUT2D eigenvalue weighted by Gasteiger charge is -2.06. The summed E-state index contributed by atoms with van der Waals surface area (Å²) in [7, 11) is 1.26. The number of H-pyrrole nitrogens is 1. The number of nitrogens with one attached hydrogen (secondary N) is 2. The fourth-order valence-corrected chi connectivity index (χ4v) is 1.73. The molecule has 8 heteroatoms. The third kappa shape index (κ3) is 3.35. The maximum absolute atomic E-state index is 13.6. The molecule has 0 fully saturated rings. The Morgan fingerprint density at radius 2 is 2.19 bits per heavy atom. The number of carbonyl (C=O) groups excluding carboxylic acids is 1. The number of nitro groups is 1. The first-order valence-corrected chi connectivity index (χ1v) is 5.95. The molecule has 2 N–H and O–H groups in total. The first-order valence-electron chi connectivity index (χ1n) is 5.95. The third-order valence-electron chi connectivity index (χ3n) is 2.78. The number of aromatic nitrogens is 1. The predicted octanol–water partition coefficient (Wildman–Crippen LogP) is 2.46. The van der Waals surface area contributed by atoms with Gasteiger partial charge in [0, 0.05) is 17.8 Å². The highest BCUT2D eigenvalue weighted by Gasteiger charge is 2.12. The van der Waals surface area contributed by atoms with Gasteiger partial charge in [0.15, 0.2) is 0 Å². The minimum absolute atomic E-state index is 0.0124. The summed E-state index contributed by atoms with van der Waals surface area (Å²) in [4.78, 5) is 24.1. The van der Waals surface area contributed by atoms with Crippen LogP contribution < -0.4 is 5.32 Å². The molecule has 110 valence electrons. The minimum atomic E-state index is -0.603. The van der Waals surface area contributed by atoms with Gasteiger partial charge in [0.25, 0.3) is 5.69 Å². The van der Waals surface area contributed by atoms with E-state index in [0.29, 0.717) is 5.69 Å². The van der Waals surface area contributed by atoms with Gasteiger partial charge in [0.05, 0.1) is 24.3 Å². The van der Waals surface area contributed by atoms with Crippen LogP contribution in [-0.2, 0) is 11.3 Å². The number of benzene rings is 1. The van der Waals surface area contributed by atoms with Crippen LogP contribution in [0.5, 0.6) is 0 Å². The summed E-state index contributed by atoms with van der Waals surface area (Å²) in [5, 5.41) is 13.4. The number of aromatic amines is 1. The van der Waals surface area contributed by atoms with Crippen molar-refractivity contribution in [3.63, 3.8) is 0 Å². The molecule has 0 saturated heterocycles. The summed E-state index contributed by atoms with van der Waals surface area (Å²) in [6.45, 7) is 0.176. The monoisotopic (exact) mass is 293 g/mol.